The van der Waals surface area contributed by atoms with Crippen molar-refractivity contribution in [1.29, 1.82) is 0 Å². The summed E-state index contributed by atoms with van der Waals surface area (Å²) >= 11 is 0. The van der Waals surface area contributed by atoms with Crippen LogP contribution in [0.1, 0.15) is 11.3 Å². The highest BCUT2D eigenvalue weighted by atomic mass is 16.5. The van der Waals surface area contributed by atoms with Gasteiger partial charge in [-0.3, -0.25) is 4.98 Å². The van der Waals surface area contributed by atoms with Crippen molar-refractivity contribution < 1.29 is 9.47 Å². The highest BCUT2D eigenvalue weighted by Crippen LogP contribution is 2.13. The fourth-order valence-corrected chi connectivity index (χ4v) is 1.60. The Morgan fingerprint density at radius 3 is 2.63 bits per heavy atom. The van der Waals surface area contributed by atoms with Crippen molar-refractivity contribution in [3.8, 4) is 11.6 Å². The van der Waals surface area contributed by atoms with E-state index in [-0.39, 0.29) is 0 Å². The molecule has 100 valence electrons. The maximum atomic E-state index is 5.61. The number of rotatable bonds is 6. The van der Waals surface area contributed by atoms with E-state index in [4.69, 9.17) is 9.47 Å². The van der Waals surface area contributed by atoms with E-state index in [2.05, 4.69) is 15.3 Å². The molecule has 1 aromatic heterocycles. The van der Waals surface area contributed by atoms with Crippen LogP contribution >= 0.6 is 0 Å². The molecule has 1 aromatic carbocycles. The Morgan fingerprint density at radius 2 is 1.95 bits per heavy atom. The fourth-order valence-electron chi connectivity index (χ4n) is 1.60. The van der Waals surface area contributed by atoms with Crippen molar-refractivity contribution in [1.82, 2.24) is 15.3 Å². The molecule has 5 nitrogen and oxygen atoms in total. The lowest BCUT2D eigenvalue weighted by molar-refractivity contribution is 0.291. The molecule has 2 aromatic rings. The monoisotopic (exact) mass is 259 g/mol. The molecule has 0 unspecified atom stereocenters. The third-order valence-electron chi connectivity index (χ3n) is 2.57. The second-order valence-corrected chi connectivity index (χ2v) is 4.02. The maximum Gasteiger partial charge on any atom is 0.232 e. The van der Waals surface area contributed by atoms with Crippen LogP contribution in [-0.4, -0.2) is 24.1 Å². The lowest BCUT2D eigenvalue weighted by Crippen LogP contribution is -2.08. The SMILES string of the molecule is CNCc1cncc(OCc2ccc(OC)cc2)n1. The van der Waals surface area contributed by atoms with E-state index < -0.39 is 0 Å². The molecular formula is C14H17N3O2. The molecule has 0 aliphatic heterocycles. The van der Waals surface area contributed by atoms with Gasteiger partial charge in [0.05, 0.1) is 19.0 Å². The molecule has 0 bridgehead atoms. The van der Waals surface area contributed by atoms with Crippen LogP contribution in [0.5, 0.6) is 11.6 Å². The van der Waals surface area contributed by atoms with Gasteiger partial charge in [0.2, 0.25) is 5.88 Å². The van der Waals surface area contributed by atoms with E-state index in [9.17, 15) is 0 Å². The second-order valence-electron chi connectivity index (χ2n) is 4.02. The van der Waals surface area contributed by atoms with Crippen LogP contribution in [0.15, 0.2) is 36.7 Å². The number of nitrogens with zero attached hydrogens (tertiary/aromatic N) is 2. The highest BCUT2D eigenvalue weighted by Gasteiger charge is 2.00. The van der Waals surface area contributed by atoms with Gasteiger partial charge in [0, 0.05) is 12.7 Å². The third kappa shape index (κ3) is 3.93. The Bertz CT molecular complexity index is 514. The largest absolute Gasteiger partial charge is 0.497 e. The summed E-state index contributed by atoms with van der Waals surface area (Å²) in [6, 6.07) is 7.73. The maximum absolute atomic E-state index is 5.61. The van der Waals surface area contributed by atoms with E-state index in [1.54, 1.807) is 19.5 Å². The molecule has 0 fully saturated rings. The smallest absolute Gasteiger partial charge is 0.232 e. The van der Waals surface area contributed by atoms with E-state index >= 15 is 0 Å². The lowest BCUT2D eigenvalue weighted by Gasteiger charge is -2.07. The van der Waals surface area contributed by atoms with Gasteiger partial charge in [-0.2, -0.15) is 0 Å². The molecule has 1 heterocycles. The number of aromatic nitrogens is 2. The topological polar surface area (TPSA) is 56.3 Å². The number of hydrogen-bond acceptors (Lipinski definition) is 5. The molecule has 0 amide bonds. The zero-order valence-electron chi connectivity index (χ0n) is 11.1. The molecule has 0 aliphatic carbocycles. The van der Waals surface area contributed by atoms with Crippen molar-refractivity contribution >= 4 is 0 Å². The van der Waals surface area contributed by atoms with Gasteiger partial charge in [-0.25, -0.2) is 4.98 Å². The summed E-state index contributed by atoms with van der Waals surface area (Å²) in [5.41, 5.74) is 1.91. The molecule has 0 aliphatic rings. The van der Waals surface area contributed by atoms with Crippen LogP contribution in [0.3, 0.4) is 0 Å². The van der Waals surface area contributed by atoms with E-state index in [0.29, 0.717) is 19.0 Å². The number of ether oxygens (including phenoxy) is 2. The van der Waals surface area contributed by atoms with Crippen LogP contribution in [0.25, 0.3) is 0 Å². The van der Waals surface area contributed by atoms with E-state index in [0.717, 1.165) is 17.0 Å². The molecule has 0 saturated carbocycles. The lowest BCUT2D eigenvalue weighted by atomic mass is 10.2. The van der Waals surface area contributed by atoms with Crippen LogP contribution in [-0.2, 0) is 13.2 Å². The van der Waals surface area contributed by atoms with Gasteiger partial charge in [0.1, 0.15) is 12.4 Å². The molecular weight excluding hydrogens is 242 g/mol. The third-order valence-corrected chi connectivity index (χ3v) is 2.57. The summed E-state index contributed by atoms with van der Waals surface area (Å²) in [5, 5.41) is 3.03. The summed E-state index contributed by atoms with van der Waals surface area (Å²) in [4.78, 5) is 8.43. The quantitative estimate of drug-likeness (QED) is 0.857. The zero-order chi connectivity index (χ0) is 13.5. The summed E-state index contributed by atoms with van der Waals surface area (Å²) < 4.78 is 10.7. The van der Waals surface area contributed by atoms with Crippen molar-refractivity contribution in [2.45, 2.75) is 13.2 Å². The number of nitrogens with one attached hydrogen (secondary N) is 1. The molecule has 0 radical (unpaired) electrons. The van der Waals surface area contributed by atoms with Gasteiger partial charge in [0.15, 0.2) is 0 Å². The van der Waals surface area contributed by atoms with Crippen molar-refractivity contribution in [3.05, 3.63) is 47.9 Å². The minimum absolute atomic E-state index is 0.460. The van der Waals surface area contributed by atoms with Crippen molar-refractivity contribution in [3.63, 3.8) is 0 Å². The Balaban J connectivity index is 1.95. The molecule has 0 spiro atoms. The minimum Gasteiger partial charge on any atom is -0.497 e. The molecule has 0 atom stereocenters. The van der Waals surface area contributed by atoms with Crippen molar-refractivity contribution in [2.24, 2.45) is 0 Å². The van der Waals surface area contributed by atoms with Gasteiger partial charge in [-0.1, -0.05) is 12.1 Å². The van der Waals surface area contributed by atoms with Crippen LogP contribution in [0.2, 0.25) is 0 Å². The number of methoxy groups -OCH3 is 1. The first-order chi connectivity index (χ1) is 9.31. The van der Waals surface area contributed by atoms with Crippen LogP contribution in [0, 0.1) is 0 Å². The number of hydrogen-bond donors (Lipinski definition) is 1. The highest BCUT2D eigenvalue weighted by molar-refractivity contribution is 5.27. The first kappa shape index (κ1) is 13.3. The molecule has 1 N–H and O–H groups in total. The summed E-state index contributed by atoms with van der Waals surface area (Å²) in [6.45, 7) is 1.13. The summed E-state index contributed by atoms with van der Waals surface area (Å²) in [5.74, 6) is 1.36. The van der Waals surface area contributed by atoms with Gasteiger partial charge in [0.25, 0.3) is 0 Å². The van der Waals surface area contributed by atoms with Gasteiger partial charge < -0.3 is 14.8 Å². The van der Waals surface area contributed by atoms with Gasteiger partial charge in [-0.05, 0) is 24.7 Å². The molecule has 19 heavy (non-hydrogen) atoms. The first-order valence-corrected chi connectivity index (χ1v) is 6.03. The van der Waals surface area contributed by atoms with Crippen molar-refractivity contribution in [2.75, 3.05) is 14.2 Å². The van der Waals surface area contributed by atoms with Gasteiger partial charge >= 0.3 is 0 Å². The molecule has 0 saturated heterocycles. The van der Waals surface area contributed by atoms with Crippen LogP contribution in [0.4, 0.5) is 0 Å². The second kappa shape index (κ2) is 6.70. The standard InChI is InChI=1S/C14H17N3O2/c1-15-7-12-8-16-9-14(17-12)19-10-11-3-5-13(18-2)6-4-11/h3-6,8-9,15H,7,10H2,1-2H3. The average molecular weight is 259 g/mol. The predicted octanol–water partition coefficient (Wildman–Crippen LogP) is 1.78. The Hall–Kier alpha value is -2.14. The fraction of sp³-hybridized carbons (Fsp3) is 0.286. The Labute approximate surface area is 112 Å². The summed E-state index contributed by atoms with van der Waals surface area (Å²) in [6.07, 6.45) is 3.33. The predicted molar refractivity (Wildman–Crippen MR) is 72.1 cm³/mol. The van der Waals surface area contributed by atoms with E-state index in [1.165, 1.54) is 0 Å². The summed E-state index contributed by atoms with van der Waals surface area (Å²) in [7, 11) is 3.51. The zero-order valence-corrected chi connectivity index (χ0v) is 11.1. The van der Waals surface area contributed by atoms with E-state index in [1.807, 2.05) is 31.3 Å². The van der Waals surface area contributed by atoms with Gasteiger partial charge in [-0.15, -0.1) is 0 Å². The van der Waals surface area contributed by atoms with Crippen LogP contribution < -0.4 is 14.8 Å². The molecule has 2 rings (SSSR count). The normalized spacial score (nSPS) is 10.2. The number of benzene rings is 1. The minimum atomic E-state index is 0.460. The average Bonchev–Trinajstić information content (AvgIpc) is 2.46. The molecule has 5 heteroatoms. The Morgan fingerprint density at radius 1 is 1.16 bits per heavy atom. The Kier molecular flexibility index (Phi) is 4.69. The first-order valence-electron chi connectivity index (χ1n) is 6.03.